The number of thiol groups is 1. The van der Waals surface area contributed by atoms with Crippen LogP contribution in [0.3, 0.4) is 0 Å². The Morgan fingerprint density at radius 2 is 2.07 bits per heavy atom. The maximum atomic E-state index is 4.15. The molecule has 0 saturated carbocycles. The molecule has 1 nitrogen and oxygen atoms in total. The molecule has 0 spiro atoms. The van der Waals surface area contributed by atoms with Crippen molar-refractivity contribution in [3.8, 4) is 0 Å². The molecule has 0 atom stereocenters. The Kier molecular flexibility index (Phi) is 4.02. The van der Waals surface area contributed by atoms with Crippen molar-refractivity contribution >= 4 is 12.6 Å². The average Bonchev–Trinajstić information content (AvgIpc) is 2.15. The first-order valence-corrected chi connectivity index (χ1v) is 5.58. The minimum absolute atomic E-state index is 0.175. The van der Waals surface area contributed by atoms with Crippen LogP contribution < -0.4 is 5.32 Å². The van der Waals surface area contributed by atoms with Gasteiger partial charge in [0.25, 0.3) is 0 Å². The molecule has 2 heteroatoms. The van der Waals surface area contributed by atoms with Gasteiger partial charge in [0.15, 0.2) is 0 Å². The lowest BCUT2D eigenvalue weighted by molar-refractivity contribution is 0.490. The minimum atomic E-state index is 0.175. The highest BCUT2D eigenvalue weighted by Gasteiger charge is 2.19. The largest absolute Gasteiger partial charge is 0.307 e. The maximum Gasteiger partial charge on any atom is 0.0387 e. The fraction of sp³-hybridized carbons (Fsp3) is 0.500. The molecule has 0 bridgehead atoms. The molecule has 0 heterocycles. The van der Waals surface area contributed by atoms with Crippen molar-refractivity contribution in [2.24, 2.45) is 0 Å². The molecule has 78 valence electrons. The van der Waals surface area contributed by atoms with Gasteiger partial charge in [0.1, 0.15) is 0 Å². The van der Waals surface area contributed by atoms with Gasteiger partial charge in [0.2, 0.25) is 0 Å². The topological polar surface area (TPSA) is 12.0 Å². The van der Waals surface area contributed by atoms with E-state index in [1.165, 1.54) is 11.1 Å². The Morgan fingerprint density at radius 1 is 1.36 bits per heavy atom. The smallest absolute Gasteiger partial charge is 0.0387 e. The average molecular weight is 209 g/mol. The number of aryl methyl sites for hydroxylation is 1. The molecule has 1 aromatic carbocycles. The van der Waals surface area contributed by atoms with Gasteiger partial charge in [0.05, 0.1) is 0 Å². The lowest BCUT2D eigenvalue weighted by Gasteiger charge is -2.25. The summed E-state index contributed by atoms with van der Waals surface area (Å²) in [5.74, 6) is 0.731. The molecule has 0 fully saturated rings. The zero-order chi connectivity index (χ0) is 10.6. The maximum absolute atomic E-state index is 4.15. The minimum Gasteiger partial charge on any atom is -0.307 e. The molecule has 0 aromatic heterocycles. The SMILES string of the molecule is Cc1cccc(C(C)(C)CNCS)c1. The molecule has 0 amide bonds. The fourth-order valence-electron chi connectivity index (χ4n) is 1.54. The number of rotatable bonds is 4. The zero-order valence-electron chi connectivity index (χ0n) is 9.17. The molecule has 0 radical (unpaired) electrons. The van der Waals surface area contributed by atoms with Gasteiger partial charge in [-0.2, -0.15) is 12.6 Å². The van der Waals surface area contributed by atoms with Crippen LogP contribution in [0, 0.1) is 6.92 Å². The summed E-state index contributed by atoms with van der Waals surface area (Å²) in [5, 5.41) is 3.27. The van der Waals surface area contributed by atoms with Crippen LogP contribution in [0.15, 0.2) is 24.3 Å². The Hall–Kier alpha value is -0.470. The lowest BCUT2D eigenvalue weighted by Crippen LogP contribution is -2.32. The highest BCUT2D eigenvalue weighted by atomic mass is 32.1. The van der Waals surface area contributed by atoms with Gasteiger partial charge in [-0.25, -0.2) is 0 Å². The number of benzene rings is 1. The molecule has 0 saturated heterocycles. The summed E-state index contributed by atoms with van der Waals surface area (Å²) in [6, 6.07) is 8.69. The third-order valence-electron chi connectivity index (χ3n) is 2.48. The van der Waals surface area contributed by atoms with E-state index in [2.05, 4.69) is 63.0 Å². The molecule has 0 aliphatic carbocycles. The number of hydrogen-bond acceptors (Lipinski definition) is 2. The Bertz CT molecular complexity index is 294. The second kappa shape index (κ2) is 4.85. The van der Waals surface area contributed by atoms with E-state index in [-0.39, 0.29) is 5.41 Å². The van der Waals surface area contributed by atoms with Gasteiger partial charge >= 0.3 is 0 Å². The van der Waals surface area contributed by atoms with E-state index in [1.807, 2.05) is 0 Å². The molecule has 1 rings (SSSR count). The van der Waals surface area contributed by atoms with E-state index < -0.39 is 0 Å². The normalized spacial score (nSPS) is 11.7. The van der Waals surface area contributed by atoms with Crippen LogP contribution in [0.1, 0.15) is 25.0 Å². The van der Waals surface area contributed by atoms with Crippen LogP contribution in [0.2, 0.25) is 0 Å². The van der Waals surface area contributed by atoms with Gasteiger partial charge in [-0.3, -0.25) is 0 Å². The third-order valence-corrected chi connectivity index (χ3v) is 2.70. The zero-order valence-corrected chi connectivity index (χ0v) is 10.1. The Labute approximate surface area is 92.3 Å². The van der Waals surface area contributed by atoms with Crippen LogP contribution in [0.25, 0.3) is 0 Å². The van der Waals surface area contributed by atoms with Crippen LogP contribution >= 0.6 is 12.6 Å². The van der Waals surface area contributed by atoms with Crippen LogP contribution in [0.4, 0.5) is 0 Å². The molecule has 14 heavy (non-hydrogen) atoms. The van der Waals surface area contributed by atoms with Gasteiger partial charge < -0.3 is 5.32 Å². The Morgan fingerprint density at radius 3 is 2.64 bits per heavy atom. The molecule has 1 N–H and O–H groups in total. The van der Waals surface area contributed by atoms with Crippen molar-refractivity contribution in [3.63, 3.8) is 0 Å². The summed E-state index contributed by atoms with van der Waals surface area (Å²) in [4.78, 5) is 0. The standard InChI is InChI=1S/C12H19NS/c1-10-5-4-6-11(7-10)12(2,3)8-13-9-14/h4-7,13-14H,8-9H2,1-3H3. The Balaban J connectivity index is 2.80. The number of hydrogen-bond donors (Lipinski definition) is 2. The van der Waals surface area contributed by atoms with Crippen molar-refractivity contribution < 1.29 is 0 Å². The van der Waals surface area contributed by atoms with Crippen LogP contribution in [-0.4, -0.2) is 12.4 Å². The molecule has 0 unspecified atom stereocenters. The van der Waals surface area contributed by atoms with Gasteiger partial charge in [0, 0.05) is 17.8 Å². The van der Waals surface area contributed by atoms with Crippen molar-refractivity contribution in [3.05, 3.63) is 35.4 Å². The fourth-order valence-corrected chi connectivity index (χ4v) is 1.65. The second-order valence-electron chi connectivity index (χ2n) is 4.34. The van der Waals surface area contributed by atoms with Crippen molar-refractivity contribution in [1.29, 1.82) is 0 Å². The monoisotopic (exact) mass is 209 g/mol. The van der Waals surface area contributed by atoms with Crippen LogP contribution in [-0.2, 0) is 5.41 Å². The third kappa shape index (κ3) is 3.03. The van der Waals surface area contributed by atoms with E-state index >= 15 is 0 Å². The number of nitrogens with one attached hydrogen (secondary N) is 1. The van der Waals surface area contributed by atoms with E-state index in [9.17, 15) is 0 Å². The quantitative estimate of drug-likeness (QED) is 0.574. The first kappa shape index (κ1) is 11.6. The van der Waals surface area contributed by atoms with Gasteiger partial charge in [-0.05, 0) is 12.5 Å². The predicted octanol–water partition coefficient (Wildman–Crippen LogP) is 2.75. The molecule has 1 aromatic rings. The van der Waals surface area contributed by atoms with Gasteiger partial charge in [-0.15, -0.1) is 0 Å². The summed E-state index contributed by atoms with van der Waals surface area (Å²) in [7, 11) is 0. The lowest BCUT2D eigenvalue weighted by atomic mass is 9.84. The predicted molar refractivity (Wildman–Crippen MR) is 66.1 cm³/mol. The summed E-state index contributed by atoms with van der Waals surface area (Å²) in [5.41, 5.74) is 2.88. The van der Waals surface area contributed by atoms with E-state index in [1.54, 1.807) is 0 Å². The van der Waals surface area contributed by atoms with Crippen LogP contribution in [0.5, 0.6) is 0 Å². The van der Waals surface area contributed by atoms with E-state index in [4.69, 9.17) is 0 Å². The van der Waals surface area contributed by atoms with E-state index in [0.29, 0.717) is 0 Å². The molecular formula is C12H19NS. The molecule has 0 aliphatic heterocycles. The summed E-state index contributed by atoms with van der Waals surface area (Å²) in [6.45, 7) is 7.59. The molecule has 0 aliphatic rings. The molecular weight excluding hydrogens is 190 g/mol. The van der Waals surface area contributed by atoms with Crippen molar-refractivity contribution in [1.82, 2.24) is 5.32 Å². The highest BCUT2D eigenvalue weighted by Crippen LogP contribution is 2.22. The first-order chi connectivity index (χ1) is 6.56. The highest BCUT2D eigenvalue weighted by molar-refractivity contribution is 7.80. The summed E-state index contributed by atoms with van der Waals surface area (Å²) >= 11 is 4.15. The first-order valence-electron chi connectivity index (χ1n) is 4.95. The summed E-state index contributed by atoms with van der Waals surface area (Å²) in [6.07, 6.45) is 0. The van der Waals surface area contributed by atoms with Crippen molar-refractivity contribution in [2.45, 2.75) is 26.2 Å². The van der Waals surface area contributed by atoms with Gasteiger partial charge in [-0.1, -0.05) is 43.7 Å². The summed E-state index contributed by atoms with van der Waals surface area (Å²) < 4.78 is 0. The second-order valence-corrected chi connectivity index (χ2v) is 4.65. The van der Waals surface area contributed by atoms with Crippen molar-refractivity contribution in [2.75, 3.05) is 12.4 Å². The van der Waals surface area contributed by atoms with E-state index in [0.717, 1.165) is 12.4 Å².